The van der Waals surface area contributed by atoms with E-state index >= 15 is 0 Å². The van der Waals surface area contributed by atoms with Crippen LogP contribution in [0.4, 0.5) is 24.5 Å². The van der Waals surface area contributed by atoms with Crippen LogP contribution in [0, 0.1) is 10.1 Å². The van der Waals surface area contributed by atoms with Gasteiger partial charge >= 0.3 is 6.18 Å². The van der Waals surface area contributed by atoms with Crippen LogP contribution in [0.1, 0.15) is 5.56 Å². The van der Waals surface area contributed by atoms with Crippen molar-refractivity contribution in [3.05, 3.63) is 32.8 Å². The molecule has 0 radical (unpaired) electrons. The molecule has 0 bridgehead atoms. The molecule has 9 heteroatoms. The lowest BCUT2D eigenvalue weighted by Crippen LogP contribution is -2.11. The van der Waals surface area contributed by atoms with Gasteiger partial charge in [-0.15, -0.1) is 0 Å². The molecule has 5 nitrogen and oxygen atoms in total. The highest BCUT2D eigenvalue weighted by molar-refractivity contribution is 6.31. The fourth-order valence-corrected chi connectivity index (χ4v) is 1.53. The van der Waals surface area contributed by atoms with Gasteiger partial charge in [0.15, 0.2) is 0 Å². The molecule has 0 aliphatic rings. The number of anilines is 1. The minimum Gasteiger partial charge on any atom is -0.395 e. The molecule has 0 saturated heterocycles. The molecule has 0 heterocycles. The van der Waals surface area contributed by atoms with Gasteiger partial charge in [-0.2, -0.15) is 13.2 Å². The average Bonchev–Trinajstić information content (AvgIpc) is 2.23. The molecule has 1 aromatic rings. The summed E-state index contributed by atoms with van der Waals surface area (Å²) in [4.78, 5) is 9.71. The SMILES string of the molecule is O=[N+]([O-])c1cc(C(F)(F)F)c(Cl)cc1NCCO. The van der Waals surface area contributed by atoms with Gasteiger partial charge in [-0.1, -0.05) is 11.6 Å². The molecule has 100 valence electrons. The number of nitro groups is 1. The molecule has 1 aromatic carbocycles. The van der Waals surface area contributed by atoms with Crippen LogP contribution in [0.2, 0.25) is 5.02 Å². The van der Waals surface area contributed by atoms with E-state index in [0.29, 0.717) is 6.07 Å². The summed E-state index contributed by atoms with van der Waals surface area (Å²) < 4.78 is 37.5. The molecular weight excluding hydrogens is 277 g/mol. The Morgan fingerprint density at radius 1 is 1.44 bits per heavy atom. The summed E-state index contributed by atoms with van der Waals surface area (Å²) in [6.45, 7) is -0.363. The fourth-order valence-electron chi connectivity index (χ4n) is 1.26. The lowest BCUT2D eigenvalue weighted by molar-refractivity contribution is -0.384. The van der Waals surface area contributed by atoms with E-state index in [2.05, 4.69) is 5.32 Å². The molecule has 0 saturated carbocycles. The number of nitro benzene ring substituents is 1. The van der Waals surface area contributed by atoms with E-state index in [1.165, 1.54) is 0 Å². The van der Waals surface area contributed by atoms with Crippen LogP contribution in [0.25, 0.3) is 0 Å². The first-order valence-corrected chi connectivity index (χ1v) is 5.05. The summed E-state index contributed by atoms with van der Waals surface area (Å²) >= 11 is 5.42. The predicted octanol–water partition coefficient (Wildman–Crippen LogP) is 2.67. The Bertz CT molecular complexity index is 465. The Kier molecular flexibility index (Phi) is 4.36. The smallest absolute Gasteiger partial charge is 0.395 e. The molecule has 18 heavy (non-hydrogen) atoms. The van der Waals surface area contributed by atoms with Crippen molar-refractivity contribution in [3.63, 3.8) is 0 Å². The molecule has 0 aromatic heterocycles. The second-order valence-corrected chi connectivity index (χ2v) is 3.66. The highest BCUT2D eigenvalue weighted by Gasteiger charge is 2.36. The molecule has 2 N–H and O–H groups in total. The number of aliphatic hydroxyl groups excluding tert-OH is 1. The number of aliphatic hydroxyl groups is 1. The molecular formula is C9H8ClF3N2O3. The number of nitrogens with zero attached hydrogens (tertiary/aromatic N) is 1. The zero-order chi connectivity index (χ0) is 13.9. The van der Waals surface area contributed by atoms with Gasteiger partial charge < -0.3 is 10.4 Å². The summed E-state index contributed by atoms with van der Waals surface area (Å²) in [7, 11) is 0. The molecule has 0 atom stereocenters. The number of halogens is 4. The largest absolute Gasteiger partial charge is 0.418 e. The minimum absolute atomic E-state index is 0.0392. The maximum Gasteiger partial charge on any atom is 0.418 e. The van der Waals surface area contributed by atoms with Crippen molar-refractivity contribution < 1.29 is 23.2 Å². The van der Waals surface area contributed by atoms with Crippen LogP contribution in [-0.4, -0.2) is 23.2 Å². The normalized spacial score (nSPS) is 11.4. The van der Waals surface area contributed by atoms with Crippen LogP contribution in [0.5, 0.6) is 0 Å². The number of alkyl halides is 3. The van der Waals surface area contributed by atoms with E-state index in [1.54, 1.807) is 0 Å². The van der Waals surface area contributed by atoms with Crippen molar-refractivity contribution in [3.8, 4) is 0 Å². The first-order chi connectivity index (χ1) is 8.27. The van der Waals surface area contributed by atoms with Crippen molar-refractivity contribution in [1.29, 1.82) is 0 Å². The molecule has 0 spiro atoms. The Balaban J connectivity index is 3.30. The third-order valence-corrected chi connectivity index (χ3v) is 2.33. The van der Waals surface area contributed by atoms with Gasteiger partial charge in [-0.3, -0.25) is 10.1 Å². The van der Waals surface area contributed by atoms with Crippen molar-refractivity contribution in [2.24, 2.45) is 0 Å². The van der Waals surface area contributed by atoms with Gasteiger partial charge in [-0.05, 0) is 6.07 Å². The van der Waals surface area contributed by atoms with Gasteiger partial charge in [-0.25, -0.2) is 0 Å². The van der Waals surface area contributed by atoms with Crippen molar-refractivity contribution in [2.75, 3.05) is 18.5 Å². The van der Waals surface area contributed by atoms with Gasteiger partial charge in [0, 0.05) is 12.6 Å². The maximum absolute atomic E-state index is 12.5. The summed E-state index contributed by atoms with van der Waals surface area (Å²) in [6.07, 6.45) is -4.77. The Morgan fingerprint density at radius 3 is 2.50 bits per heavy atom. The Labute approximate surface area is 104 Å². The van der Waals surface area contributed by atoms with E-state index in [0.717, 1.165) is 6.07 Å². The number of benzene rings is 1. The zero-order valence-electron chi connectivity index (χ0n) is 8.79. The third kappa shape index (κ3) is 3.23. The topological polar surface area (TPSA) is 75.4 Å². The first kappa shape index (κ1) is 14.5. The third-order valence-electron chi connectivity index (χ3n) is 2.01. The van der Waals surface area contributed by atoms with E-state index in [1.807, 2.05) is 0 Å². The first-order valence-electron chi connectivity index (χ1n) is 4.67. The fraction of sp³-hybridized carbons (Fsp3) is 0.333. The maximum atomic E-state index is 12.5. The minimum atomic E-state index is -4.77. The zero-order valence-corrected chi connectivity index (χ0v) is 9.55. The molecule has 0 unspecified atom stereocenters. The van der Waals surface area contributed by atoms with Crippen LogP contribution >= 0.6 is 11.6 Å². The molecule has 0 aliphatic heterocycles. The van der Waals surface area contributed by atoms with E-state index < -0.39 is 27.4 Å². The number of rotatable bonds is 4. The van der Waals surface area contributed by atoms with Gasteiger partial charge in [0.25, 0.3) is 5.69 Å². The predicted molar refractivity (Wildman–Crippen MR) is 58.7 cm³/mol. The van der Waals surface area contributed by atoms with Crippen molar-refractivity contribution in [1.82, 2.24) is 0 Å². The molecule has 0 amide bonds. The number of nitrogens with one attached hydrogen (secondary N) is 1. The van der Waals surface area contributed by atoms with E-state index in [-0.39, 0.29) is 18.8 Å². The molecule has 0 aliphatic carbocycles. The Morgan fingerprint density at radius 2 is 2.06 bits per heavy atom. The average molecular weight is 285 g/mol. The molecule has 1 rings (SSSR count). The monoisotopic (exact) mass is 284 g/mol. The van der Waals surface area contributed by atoms with Crippen LogP contribution in [0.3, 0.4) is 0 Å². The van der Waals surface area contributed by atoms with Crippen LogP contribution in [0.15, 0.2) is 12.1 Å². The Hall–Kier alpha value is -1.54. The quantitative estimate of drug-likeness (QED) is 0.658. The van der Waals surface area contributed by atoms with Crippen molar-refractivity contribution in [2.45, 2.75) is 6.18 Å². The lowest BCUT2D eigenvalue weighted by Gasteiger charge is -2.11. The number of hydrogen-bond acceptors (Lipinski definition) is 4. The standard InChI is InChI=1S/C9H8ClF3N2O3/c10-6-4-7(14-1-2-16)8(15(17)18)3-5(6)9(11,12)13/h3-4,14,16H,1-2H2. The van der Waals surface area contributed by atoms with Gasteiger partial charge in [0.1, 0.15) is 5.69 Å². The second kappa shape index (κ2) is 5.40. The van der Waals surface area contributed by atoms with E-state index in [9.17, 15) is 23.3 Å². The summed E-state index contributed by atoms with van der Waals surface area (Å²) in [5.74, 6) is 0. The number of hydrogen-bond donors (Lipinski definition) is 2. The van der Waals surface area contributed by atoms with Gasteiger partial charge in [0.2, 0.25) is 0 Å². The highest BCUT2D eigenvalue weighted by atomic mass is 35.5. The summed E-state index contributed by atoms with van der Waals surface area (Å²) in [5, 5.41) is 21.0. The molecule has 0 fully saturated rings. The summed E-state index contributed by atoms with van der Waals surface area (Å²) in [5.41, 5.74) is -2.20. The van der Waals surface area contributed by atoms with Gasteiger partial charge in [0.05, 0.1) is 22.1 Å². The van der Waals surface area contributed by atoms with E-state index in [4.69, 9.17) is 16.7 Å². The summed E-state index contributed by atoms with van der Waals surface area (Å²) in [6, 6.07) is 1.18. The lowest BCUT2D eigenvalue weighted by atomic mass is 10.1. The van der Waals surface area contributed by atoms with Crippen molar-refractivity contribution >= 4 is 23.0 Å². The van der Waals surface area contributed by atoms with Crippen LogP contribution in [-0.2, 0) is 6.18 Å². The second-order valence-electron chi connectivity index (χ2n) is 3.25. The van der Waals surface area contributed by atoms with Crippen LogP contribution < -0.4 is 5.32 Å². The highest BCUT2D eigenvalue weighted by Crippen LogP contribution is 2.40.